The van der Waals surface area contributed by atoms with Gasteiger partial charge in [-0.2, -0.15) is 0 Å². The van der Waals surface area contributed by atoms with Gasteiger partial charge in [-0.05, 0) is 59.9 Å². The number of ether oxygens (including phenoxy) is 2. The number of amides is 1. The van der Waals surface area contributed by atoms with E-state index in [1.165, 1.54) is 24.8 Å². The number of carbonyl (C=O) groups excluding carboxylic acids is 1. The van der Waals surface area contributed by atoms with E-state index in [1.54, 1.807) is 19.1 Å². The minimum Gasteiger partial charge on any atom is -0.478 e. The molecule has 0 heterocycles. The molecule has 1 amide bonds. The summed E-state index contributed by atoms with van der Waals surface area (Å²) in [7, 11) is 1.50. The summed E-state index contributed by atoms with van der Waals surface area (Å²) in [6.07, 6.45) is 1.58. The first-order valence-electron chi connectivity index (χ1n) is 11.6. The van der Waals surface area contributed by atoms with Crippen LogP contribution in [0.3, 0.4) is 0 Å². The van der Waals surface area contributed by atoms with E-state index < -0.39 is 18.2 Å². The summed E-state index contributed by atoms with van der Waals surface area (Å²) in [5.74, 6) is -1.73. The van der Waals surface area contributed by atoms with E-state index in [2.05, 4.69) is 38.2 Å². The predicted molar refractivity (Wildman–Crippen MR) is 134 cm³/mol. The van der Waals surface area contributed by atoms with Crippen molar-refractivity contribution in [3.63, 3.8) is 0 Å². The summed E-state index contributed by atoms with van der Waals surface area (Å²) in [5, 5.41) is 16.2. The minimum absolute atomic E-state index is 0.0147. The van der Waals surface area contributed by atoms with Gasteiger partial charge in [0.25, 0.3) is 5.91 Å². The van der Waals surface area contributed by atoms with Crippen molar-refractivity contribution in [2.75, 3.05) is 19.2 Å². The third-order valence-corrected chi connectivity index (χ3v) is 6.59. The fourth-order valence-corrected chi connectivity index (χ4v) is 4.21. The number of nitrogens with zero attached hydrogens (tertiary/aromatic N) is 1. The Kier molecular flexibility index (Phi) is 7.97. The fraction of sp³-hybridized carbons (Fsp3) is 0.444. The van der Waals surface area contributed by atoms with Crippen LogP contribution in [0.2, 0.25) is 0 Å². The fourth-order valence-electron chi connectivity index (χ4n) is 4.21. The molecular weight excluding hydrogens is 448 g/mol. The van der Waals surface area contributed by atoms with Gasteiger partial charge in [0.05, 0.1) is 11.3 Å². The molecule has 35 heavy (non-hydrogen) atoms. The largest absolute Gasteiger partial charge is 0.478 e. The maximum Gasteiger partial charge on any atom is 0.337 e. The molecule has 0 aromatic heterocycles. The second-order valence-electron chi connectivity index (χ2n) is 9.99. The Balaban J connectivity index is 1.99. The highest BCUT2D eigenvalue weighted by atomic mass is 16.8. The van der Waals surface area contributed by atoms with Crippen LogP contribution in [0.25, 0.3) is 0 Å². The van der Waals surface area contributed by atoms with Crippen molar-refractivity contribution < 1.29 is 29.0 Å². The monoisotopic (exact) mass is 482 g/mol. The first kappa shape index (κ1) is 26.4. The lowest BCUT2D eigenvalue weighted by Crippen LogP contribution is -2.34. The van der Waals surface area contributed by atoms with Crippen molar-refractivity contribution in [2.45, 2.75) is 64.6 Å². The van der Waals surface area contributed by atoms with Crippen LogP contribution in [0, 0.1) is 0 Å². The van der Waals surface area contributed by atoms with Gasteiger partial charge in [-0.3, -0.25) is 4.79 Å². The highest BCUT2D eigenvalue weighted by molar-refractivity contribution is 6.49. The van der Waals surface area contributed by atoms with Gasteiger partial charge in [-0.25, -0.2) is 4.79 Å². The maximum absolute atomic E-state index is 13.3. The Morgan fingerprint density at radius 2 is 1.71 bits per heavy atom. The lowest BCUT2D eigenvalue weighted by molar-refractivity contribution is -0.174. The number of carboxylic acid groups (broad SMARTS) is 1. The molecule has 8 nitrogen and oxygen atoms in total. The van der Waals surface area contributed by atoms with E-state index in [1.807, 2.05) is 18.2 Å². The average Bonchev–Trinajstić information content (AvgIpc) is 2.81. The lowest BCUT2D eigenvalue weighted by Gasteiger charge is -2.42. The number of para-hydroxylation sites is 1. The van der Waals surface area contributed by atoms with E-state index in [4.69, 9.17) is 14.3 Å². The van der Waals surface area contributed by atoms with Gasteiger partial charge < -0.3 is 24.7 Å². The van der Waals surface area contributed by atoms with Crippen LogP contribution in [-0.2, 0) is 29.9 Å². The highest BCUT2D eigenvalue weighted by Crippen LogP contribution is 2.46. The van der Waals surface area contributed by atoms with Crippen LogP contribution >= 0.6 is 0 Å². The molecule has 188 valence electrons. The molecule has 0 aliphatic heterocycles. The molecule has 0 saturated carbocycles. The second-order valence-corrected chi connectivity index (χ2v) is 9.99. The molecule has 2 aromatic carbocycles. The number of nitrogens with one attached hydrogen (secondary N) is 1. The number of benzene rings is 2. The molecule has 1 aliphatic rings. The average molecular weight is 483 g/mol. The Morgan fingerprint density at radius 3 is 2.37 bits per heavy atom. The SMILES string of the molecule is COC(C)OCO/N=C(/C(=O)Nc1ccccc1C(=O)O)c1ccc2c(c1)C(C)(C)CCC2(C)C. The van der Waals surface area contributed by atoms with Crippen LogP contribution in [0.15, 0.2) is 47.6 Å². The molecule has 1 aliphatic carbocycles. The minimum atomic E-state index is -1.14. The topological polar surface area (TPSA) is 106 Å². The van der Waals surface area contributed by atoms with Gasteiger partial charge >= 0.3 is 5.97 Å². The van der Waals surface area contributed by atoms with Crippen LogP contribution in [0.4, 0.5) is 5.69 Å². The quantitative estimate of drug-likeness (QED) is 0.224. The van der Waals surface area contributed by atoms with E-state index >= 15 is 0 Å². The number of anilines is 1. The maximum atomic E-state index is 13.3. The van der Waals surface area contributed by atoms with Crippen molar-refractivity contribution >= 4 is 23.3 Å². The molecule has 1 unspecified atom stereocenters. The van der Waals surface area contributed by atoms with Crippen molar-refractivity contribution in [1.82, 2.24) is 0 Å². The lowest BCUT2D eigenvalue weighted by atomic mass is 9.63. The smallest absolute Gasteiger partial charge is 0.337 e. The molecule has 0 fully saturated rings. The highest BCUT2D eigenvalue weighted by Gasteiger charge is 2.37. The molecule has 2 aromatic rings. The van der Waals surface area contributed by atoms with Crippen molar-refractivity contribution in [3.05, 3.63) is 64.7 Å². The number of hydrogen-bond acceptors (Lipinski definition) is 6. The number of fused-ring (bicyclic) bond motifs is 1. The summed E-state index contributed by atoms with van der Waals surface area (Å²) >= 11 is 0. The van der Waals surface area contributed by atoms with Gasteiger partial charge in [0.15, 0.2) is 12.0 Å². The zero-order valence-corrected chi connectivity index (χ0v) is 21.2. The van der Waals surface area contributed by atoms with Crippen LogP contribution < -0.4 is 5.32 Å². The number of hydrogen-bond donors (Lipinski definition) is 2. The summed E-state index contributed by atoms with van der Waals surface area (Å²) in [4.78, 5) is 30.3. The third-order valence-electron chi connectivity index (χ3n) is 6.59. The van der Waals surface area contributed by atoms with Crippen LogP contribution in [0.5, 0.6) is 0 Å². The molecule has 2 N–H and O–H groups in total. The molecular formula is C27H34N2O6. The first-order valence-corrected chi connectivity index (χ1v) is 11.6. The van der Waals surface area contributed by atoms with E-state index in [9.17, 15) is 14.7 Å². The van der Waals surface area contributed by atoms with Gasteiger partial charge in [0, 0.05) is 12.7 Å². The van der Waals surface area contributed by atoms with Crippen molar-refractivity contribution in [3.8, 4) is 0 Å². The Hall–Kier alpha value is -3.23. The van der Waals surface area contributed by atoms with Gasteiger partial charge in [-0.1, -0.05) is 57.1 Å². The van der Waals surface area contributed by atoms with Gasteiger partial charge in [-0.15, -0.1) is 0 Å². The number of carboxylic acids is 1. The van der Waals surface area contributed by atoms with E-state index in [0.29, 0.717) is 5.56 Å². The number of rotatable bonds is 9. The number of methoxy groups -OCH3 is 1. The first-order chi connectivity index (χ1) is 16.5. The third kappa shape index (κ3) is 6.07. The number of carbonyl (C=O) groups is 2. The molecule has 0 bridgehead atoms. The van der Waals surface area contributed by atoms with Crippen LogP contribution in [-0.4, -0.2) is 42.9 Å². The van der Waals surface area contributed by atoms with Gasteiger partial charge in [0.1, 0.15) is 0 Å². The number of oxime groups is 1. The number of aromatic carboxylic acids is 1. The standard InChI is InChI=1S/C27H34N2O6/c1-17(33-6)34-16-35-29-23(24(30)28-22-10-8-7-9-19(22)25(31)32)18-11-12-20-21(15-18)27(4,5)14-13-26(20,2)3/h7-12,15,17H,13-14,16H2,1-6H3,(H,28,30)(H,31,32)/b29-23+. The Bertz CT molecular complexity index is 1120. The Labute approximate surface area is 206 Å². The summed E-state index contributed by atoms with van der Waals surface area (Å²) < 4.78 is 10.3. The second kappa shape index (κ2) is 10.6. The van der Waals surface area contributed by atoms with Crippen molar-refractivity contribution in [2.24, 2.45) is 5.16 Å². The molecule has 0 radical (unpaired) electrons. The van der Waals surface area contributed by atoms with Gasteiger partial charge in [0.2, 0.25) is 6.79 Å². The van der Waals surface area contributed by atoms with Crippen LogP contribution in [0.1, 0.15) is 74.5 Å². The predicted octanol–water partition coefficient (Wildman–Crippen LogP) is 5.06. The normalized spacial score (nSPS) is 17.3. The molecule has 1 atom stereocenters. The Morgan fingerprint density at radius 1 is 1.06 bits per heavy atom. The zero-order valence-electron chi connectivity index (χ0n) is 21.2. The van der Waals surface area contributed by atoms with Crippen molar-refractivity contribution in [1.29, 1.82) is 0 Å². The summed E-state index contributed by atoms with van der Waals surface area (Å²) in [6, 6.07) is 12.1. The molecule has 0 spiro atoms. The molecule has 0 saturated heterocycles. The van der Waals surface area contributed by atoms with E-state index in [-0.39, 0.29) is 34.6 Å². The summed E-state index contributed by atoms with van der Waals surface area (Å²) in [5.41, 5.74) is 3.07. The molecule has 8 heteroatoms. The molecule has 3 rings (SSSR count). The zero-order chi connectivity index (χ0) is 25.8. The van der Waals surface area contributed by atoms with E-state index in [0.717, 1.165) is 18.4 Å². The summed E-state index contributed by atoms with van der Waals surface area (Å²) in [6.45, 7) is 10.3.